The molecular formula is C15H25N3O4. The monoisotopic (exact) mass is 311 g/mol. The van der Waals surface area contributed by atoms with Gasteiger partial charge < -0.3 is 19.7 Å². The molecule has 0 spiro atoms. The molecular weight excluding hydrogens is 286 g/mol. The van der Waals surface area contributed by atoms with Crippen LogP contribution in [0.25, 0.3) is 0 Å². The van der Waals surface area contributed by atoms with E-state index in [1.807, 2.05) is 0 Å². The van der Waals surface area contributed by atoms with Gasteiger partial charge in [0.05, 0.1) is 19.4 Å². The average Bonchev–Trinajstić information content (AvgIpc) is 3.08. The fourth-order valence-electron chi connectivity index (χ4n) is 3.97. The first-order chi connectivity index (χ1) is 10.4. The second kappa shape index (κ2) is 5.70. The quantitative estimate of drug-likeness (QED) is 0.808. The van der Waals surface area contributed by atoms with E-state index in [-0.39, 0.29) is 36.0 Å². The molecule has 1 aliphatic carbocycles. The van der Waals surface area contributed by atoms with Crippen molar-refractivity contribution in [1.29, 1.82) is 0 Å². The molecule has 22 heavy (non-hydrogen) atoms. The summed E-state index contributed by atoms with van der Waals surface area (Å²) in [5, 5.41) is 3.11. The number of amides is 3. The Morgan fingerprint density at radius 1 is 1.50 bits per heavy atom. The molecule has 7 nitrogen and oxygen atoms in total. The van der Waals surface area contributed by atoms with Crippen LogP contribution in [-0.2, 0) is 14.3 Å². The van der Waals surface area contributed by atoms with Gasteiger partial charge in [0, 0.05) is 37.6 Å². The van der Waals surface area contributed by atoms with Crippen LogP contribution in [0.3, 0.4) is 0 Å². The fourth-order valence-corrected chi connectivity index (χ4v) is 3.97. The summed E-state index contributed by atoms with van der Waals surface area (Å²) in [6.07, 6.45) is 1.24. The third-order valence-electron chi connectivity index (χ3n) is 5.25. The minimum Gasteiger partial charge on any atom is -0.383 e. The number of nitrogens with zero attached hydrogens (tertiary/aromatic N) is 2. The van der Waals surface area contributed by atoms with Crippen molar-refractivity contribution in [2.24, 2.45) is 11.3 Å². The standard InChI is InChI=1S/C15H25N3O4/c1-15(2)12(10-4-6-22-13(10)15)16-14(20)18-8-11(19)17(9-18)5-7-21-3/h10,12-13H,4-9H2,1-3H3,(H,16,20). The van der Waals surface area contributed by atoms with Crippen molar-refractivity contribution in [2.75, 3.05) is 40.1 Å². The van der Waals surface area contributed by atoms with Crippen molar-refractivity contribution < 1.29 is 19.1 Å². The maximum absolute atomic E-state index is 12.5. The zero-order valence-corrected chi connectivity index (χ0v) is 13.5. The summed E-state index contributed by atoms with van der Waals surface area (Å²) in [5.41, 5.74) is -0.0453. The minimum absolute atomic E-state index is 0.0258. The summed E-state index contributed by atoms with van der Waals surface area (Å²) >= 11 is 0. The second-order valence-electron chi connectivity index (χ2n) is 6.98. The maximum atomic E-state index is 12.5. The van der Waals surface area contributed by atoms with E-state index in [2.05, 4.69) is 19.2 Å². The van der Waals surface area contributed by atoms with E-state index < -0.39 is 0 Å². The van der Waals surface area contributed by atoms with Gasteiger partial charge in [0.15, 0.2) is 0 Å². The number of fused-ring (bicyclic) bond motifs is 1. The van der Waals surface area contributed by atoms with Gasteiger partial charge in [0.1, 0.15) is 6.54 Å². The maximum Gasteiger partial charge on any atom is 0.319 e. The van der Waals surface area contributed by atoms with E-state index in [0.29, 0.717) is 25.7 Å². The Bertz CT molecular complexity index is 468. The van der Waals surface area contributed by atoms with Crippen LogP contribution in [0.15, 0.2) is 0 Å². The van der Waals surface area contributed by atoms with E-state index in [4.69, 9.17) is 9.47 Å². The van der Waals surface area contributed by atoms with Gasteiger partial charge in [-0.1, -0.05) is 13.8 Å². The number of rotatable bonds is 4. The molecule has 0 aromatic heterocycles. The molecule has 3 fully saturated rings. The molecule has 3 atom stereocenters. The molecule has 2 saturated heterocycles. The Hall–Kier alpha value is -1.34. The highest BCUT2D eigenvalue weighted by Crippen LogP contribution is 2.52. The van der Waals surface area contributed by atoms with Crippen LogP contribution in [0.2, 0.25) is 0 Å². The second-order valence-corrected chi connectivity index (χ2v) is 6.98. The molecule has 3 rings (SSSR count). The molecule has 2 heterocycles. The summed E-state index contributed by atoms with van der Waals surface area (Å²) in [7, 11) is 1.60. The largest absolute Gasteiger partial charge is 0.383 e. The van der Waals surface area contributed by atoms with E-state index in [9.17, 15) is 9.59 Å². The third-order valence-corrected chi connectivity index (χ3v) is 5.25. The van der Waals surface area contributed by atoms with Crippen LogP contribution in [0.5, 0.6) is 0 Å². The van der Waals surface area contributed by atoms with Gasteiger partial charge in [-0.3, -0.25) is 9.69 Å². The topological polar surface area (TPSA) is 71.1 Å². The van der Waals surface area contributed by atoms with Crippen LogP contribution in [0.1, 0.15) is 20.3 Å². The minimum atomic E-state index is -0.156. The lowest BCUT2D eigenvalue weighted by molar-refractivity contribution is -0.127. The number of ether oxygens (including phenoxy) is 2. The Kier molecular flexibility index (Phi) is 4.03. The van der Waals surface area contributed by atoms with Crippen molar-refractivity contribution in [3.05, 3.63) is 0 Å². The average molecular weight is 311 g/mol. The molecule has 3 amide bonds. The number of nitrogens with one attached hydrogen (secondary N) is 1. The van der Waals surface area contributed by atoms with Crippen molar-refractivity contribution in [3.63, 3.8) is 0 Å². The van der Waals surface area contributed by atoms with Gasteiger partial charge in [-0.15, -0.1) is 0 Å². The summed E-state index contributed by atoms with van der Waals surface area (Å²) < 4.78 is 10.7. The van der Waals surface area contributed by atoms with Gasteiger partial charge >= 0.3 is 6.03 Å². The first-order valence-electron chi connectivity index (χ1n) is 7.89. The number of methoxy groups -OCH3 is 1. The first-order valence-corrected chi connectivity index (χ1v) is 7.89. The van der Waals surface area contributed by atoms with Crippen molar-refractivity contribution in [2.45, 2.75) is 32.4 Å². The van der Waals surface area contributed by atoms with E-state index in [1.54, 1.807) is 16.9 Å². The fraction of sp³-hybridized carbons (Fsp3) is 0.867. The lowest BCUT2D eigenvalue weighted by Gasteiger charge is -2.54. The number of carbonyl (C=O) groups excluding carboxylic acids is 2. The summed E-state index contributed by atoms with van der Waals surface area (Å²) in [4.78, 5) is 27.6. The first kappa shape index (κ1) is 15.6. The van der Waals surface area contributed by atoms with Crippen molar-refractivity contribution in [1.82, 2.24) is 15.1 Å². The van der Waals surface area contributed by atoms with Gasteiger partial charge in [0.25, 0.3) is 0 Å². The molecule has 3 aliphatic rings. The molecule has 3 unspecified atom stereocenters. The van der Waals surface area contributed by atoms with Crippen LogP contribution in [-0.4, -0.2) is 74.0 Å². The Morgan fingerprint density at radius 2 is 2.27 bits per heavy atom. The zero-order valence-electron chi connectivity index (χ0n) is 13.5. The number of carbonyl (C=O) groups is 2. The van der Waals surface area contributed by atoms with E-state index in [0.717, 1.165) is 13.0 Å². The number of hydrogen-bond donors (Lipinski definition) is 1. The Morgan fingerprint density at radius 3 is 3.00 bits per heavy atom. The van der Waals surface area contributed by atoms with Crippen LogP contribution < -0.4 is 5.32 Å². The van der Waals surface area contributed by atoms with Gasteiger partial charge in [0.2, 0.25) is 5.91 Å². The number of hydrogen-bond acceptors (Lipinski definition) is 4. The Balaban J connectivity index is 1.56. The molecule has 2 aliphatic heterocycles. The normalized spacial score (nSPS) is 32.9. The van der Waals surface area contributed by atoms with Gasteiger partial charge in [-0.25, -0.2) is 4.79 Å². The zero-order chi connectivity index (χ0) is 15.9. The van der Waals surface area contributed by atoms with Crippen LogP contribution in [0, 0.1) is 11.3 Å². The molecule has 1 saturated carbocycles. The van der Waals surface area contributed by atoms with E-state index >= 15 is 0 Å². The predicted octanol–water partition coefficient (Wildman–Crippen LogP) is 0.258. The lowest BCUT2D eigenvalue weighted by atomic mass is 9.57. The van der Waals surface area contributed by atoms with Gasteiger partial charge in [-0.05, 0) is 6.42 Å². The lowest BCUT2D eigenvalue weighted by Crippen LogP contribution is -2.67. The summed E-state index contributed by atoms with van der Waals surface area (Å²) in [5.74, 6) is 0.379. The smallest absolute Gasteiger partial charge is 0.319 e. The van der Waals surface area contributed by atoms with Crippen molar-refractivity contribution in [3.8, 4) is 0 Å². The third kappa shape index (κ3) is 2.46. The van der Waals surface area contributed by atoms with E-state index in [1.165, 1.54) is 0 Å². The van der Waals surface area contributed by atoms with Crippen LogP contribution >= 0.6 is 0 Å². The van der Waals surface area contributed by atoms with Crippen LogP contribution in [0.4, 0.5) is 4.79 Å². The predicted molar refractivity (Wildman–Crippen MR) is 79.1 cm³/mol. The van der Waals surface area contributed by atoms with Crippen molar-refractivity contribution >= 4 is 11.9 Å². The molecule has 1 N–H and O–H groups in total. The number of urea groups is 1. The molecule has 7 heteroatoms. The summed E-state index contributed by atoms with van der Waals surface area (Å²) in [6, 6.07) is -0.0349. The van der Waals surface area contributed by atoms with Gasteiger partial charge in [-0.2, -0.15) is 0 Å². The Labute approximate surface area is 130 Å². The highest BCUT2D eigenvalue weighted by Gasteiger charge is 2.60. The molecule has 124 valence electrons. The highest BCUT2D eigenvalue weighted by atomic mass is 16.5. The molecule has 0 bridgehead atoms. The summed E-state index contributed by atoms with van der Waals surface area (Å²) in [6.45, 7) is 6.52. The molecule has 0 aromatic carbocycles. The highest BCUT2D eigenvalue weighted by molar-refractivity contribution is 5.87. The molecule has 0 radical (unpaired) electrons. The molecule has 0 aromatic rings. The SMILES string of the molecule is COCCN1CN(C(=O)NC2C3CCOC3C2(C)C)CC1=O.